The minimum Gasteiger partial charge on any atom is -0.423 e. The molecule has 2 rings (SSSR count). The van der Waals surface area contributed by atoms with E-state index >= 15 is 0 Å². The number of hydrogen-bond acceptors (Lipinski definition) is 3. The van der Waals surface area contributed by atoms with Crippen molar-refractivity contribution in [2.24, 2.45) is 0 Å². The summed E-state index contributed by atoms with van der Waals surface area (Å²) >= 11 is 0. The second kappa shape index (κ2) is 3.78. The van der Waals surface area contributed by atoms with Crippen LogP contribution < -0.4 is 5.46 Å². The van der Waals surface area contributed by atoms with E-state index in [1.807, 2.05) is 30.3 Å². The Morgan fingerprint density at radius 3 is 2.86 bits per heavy atom. The van der Waals surface area contributed by atoms with E-state index in [0.717, 1.165) is 10.9 Å². The average molecular weight is 187 g/mol. The van der Waals surface area contributed by atoms with Gasteiger partial charge in [-0.05, 0) is 11.5 Å². The first kappa shape index (κ1) is 9.18. The molecule has 0 fully saturated rings. The fourth-order valence-electron chi connectivity index (χ4n) is 1.45. The predicted octanol–water partition coefficient (Wildman–Crippen LogP) is 0.569. The van der Waals surface area contributed by atoms with Crippen LogP contribution in [-0.4, -0.2) is 24.2 Å². The quantitative estimate of drug-likeness (QED) is 0.698. The van der Waals surface area contributed by atoms with E-state index in [1.165, 1.54) is 7.11 Å². The summed E-state index contributed by atoms with van der Waals surface area (Å²) < 4.78 is 4.86. The number of aromatic nitrogens is 1. The van der Waals surface area contributed by atoms with Gasteiger partial charge in [0.05, 0.1) is 5.52 Å². The number of nitrogens with zero attached hydrogens (tertiary/aromatic N) is 1. The van der Waals surface area contributed by atoms with Gasteiger partial charge >= 0.3 is 7.12 Å². The van der Waals surface area contributed by atoms with Crippen LogP contribution in [0.1, 0.15) is 0 Å². The summed E-state index contributed by atoms with van der Waals surface area (Å²) in [5, 5.41) is 10.6. The third-order valence-electron chi connectivity index (χ3n) is 2.15. The fraction of sp³-hybridized carbons (Fsp3) is 0.100. The summed E-state index contributed by atoms with van der Waals surface area (Å²) in [6, 6.07) is 9.46. The lowest BCUT2D eigenvalue weighted by molar-refractivity contribution is 0.342. The molecule has 0 unspecified atom stereocenters. The Balaban J connectivity index is 2.65. The van der Waals surface area contributed by atoms with E-state index in [2.05, 4.69) is 4.98 Å². The molecule has 0 spiro atoms. The molecule has 0 radical (unpaired) electrons. The van der Waals surface area contributed by atoms with Crippen LogP contribution in [0.4, 0.5) is 0 Å². The first-order chi connectivity index (χ1) is 6.83. The van der Waals surface area contributed by atoms with Gasteiger partial charge in [-0.2, -0.15) is 0 Å². The highest BCUT2D eigenvalue weighted by atomic mass is 16.5. The second-order valence-electron chi connectivity index (χ2n) is 3.01. The SMILES string of the molecule is COB(O)c1cccc2cccnc12. The Kier molecular flexibility index (Phi) is 2.48. The van der Waals surface area contributed by atoms with Crippen molar-refractivity contribution in [2.75, 3.05) is 7.11 Å². The highest BCUT2D eigenvalue weighted by molar-refractivity contribution is 6.62. The van der Waals surface area contributed by atoms with E-state index in [4.69, 9.17) is 4.65 Å². The summed E-state index contributed by atoms with van der Waals surface area (Å²) in [6.07, 6.45) is 1.70. The number of pyridine rings is 1. The van der Waals surface area contributed by atoms with Gasteiger partial charge in [0.2, 0.25) is 0 Å². The molecule has 3 nitrogen and oxygen atoms in total. The smallest absolute Gasteiger partial charge is 0.423 e. The predicted molar refractivity (Wildman–Crippen MR) is 56.4 cm³/mol. The number of para-hydroxylation sites is 1. The molecule has 0 saturated heterocycles. The molecule has 70 valence electrons. The molecule has 1 aromatic carbocycles. The molecule has 1 heterocycles. The Labute approximate surface area is 82.5 Å². The second-order valence-corrected chi connectivity index (χ2v) is 3.01. The molecule has 4 heteroatoms. The van der Waals surface area contributed by atoms with Crippen molar-refractivity contribution >= 4 is 23.5 Å². The maximum Gasteiger partial charge on any atom is 0.493 e. The topological polar surface area (TPSA) is 42.4 Å². The van der Waals surface area contributed by atoms with Crippen molar-refractivity contribution in [3.8, 4) is 0 Å². The molecule has 0 saturated carbocycles. The largest absolute Gasteiger partial charge is 0.493 e. The van der Waals surface area contributed by atoms with E-state index in [0.29, 0.717) is 5.46 Å². The molecule has 0 atom stereocenters. The van der Waals surface area contributed by atoms with E-state index in [-0.39, 0.29) is 0 Å². The van der Waals surface area contributed by atoms with Gasteiger partial charge in [0.1, 0.15) is 0 Å². The van der Waals surface area contributed by atoms with Crippen LogP contribution in [0.15, 0.2) is 36.5 Å². The van der Waals surface area contributed by atoms with E-state index in [9.17, 15) is 5.02 Å². The van der Waals surface area contributed by atoms with Gasteiger partial charge in [-0.3, -0.25) is 4.98 Å². The first-order valence-corrected chi connectivity index (χ1v) is 4.37. The Hall–Kier alpha value is -1.39. The Morgan fingerprint density at radius 1 is 1.29 bits per heavy atom. The van der Waals surface area contributed by atoms with Crippen molar-refractivity contribution in [2.45, 2.75) is 0 Å². The Bertz CT molecular complexity index is 442. The lowest BCUT2D eigenvalue weighted by atomic mass is 9.78. The first-order valence-electron chi connectivity index (χ1n) is 4.37. The summed E-state index contributed by atoms with van der Waals surface area (Å²) in [5.74, 6) is 0. The molecule has 0 aliphatic heterocycles. The van der Waals surface area contributed by atoms with E-state index in [1.54, 1.807) is 6.20 Å². The Morgan fingerprint density at radius 2 is 2.07 bits per heavy atom. The molecular weight excluding hydrogens is 177 g/mol. The van der Waals surface area contributed by atoms with Crippen LogP contribution in [0.25, 0.3) is 10.9 Å². The minimum atomic E-state index is -0.909. The van der Waals surface area contributed by atoms with Crippen LogP contribution in [0, 0.1) is 0 Å². The average Bonchev–Trinajstić information content (AvgIpc) is 2.27. The molecule has 0 aliphatic carbocycles. The van der Waals surface area contributed by atoms with Crippen molar-refractivity contribution in [3.05, 3.63) is 36.5 Å². The van der Waals surface area contributed by atoms with Gasteiger partial charge in [0.15, 0.2) is 0 Å². The lowest BCUT2D eigenvalue weighted by Crippen LogP contribution is -2.33. The molecule has 0 amide bonds. The maximum atomic E-state index is 9.57. The molecule has 2 aromatic rings. The van der Waals surface area contributed by atoms with Crippen LogP contribution in [-0.2, 0) is 4.65 Å². The van der Waals surface area contributed by atoms with Crippen molar-refractivity contribution in [3.63, 3.8) is 0 Å². The summed E-state index contributed by atoms with van der Waals surface area (Å²) in [5.41, 5.74) is 1.48. The molecule has 1 N–H and O–H groups in total. The van der Waals surface area contributed by atoms with E-state index < -0.39 is 7.12 Å². The zero-order chi connectivity index (χ0) is 9.97. The van der Waals surface area contributed by atoms with Crippen molar-refractivity contribution in [1.82, 2.24) is 4.98 Å². The summed E-state index contributed by atoms with van der Waals surface area (Å²) in [4.78, 5) is 4.21. The van der Waals surface area contributed by atoms with Crippen LogP contribution >= 0.6 is 0 Å². The maximum absolute atomic E-state index is 9.57. The van der Waals surface area contributed by atoms with Crippen molar-refractivity contribution < 1.29 is 9.68 Å². The fourth-order valence-corrected chi connectivity index (χ4v) is 1.45. The molecule has 0 bridgehead atoms. The third-order valence-corrected chi connectivity index (χ3v) is 2.15. The number of hydrogen-bond donors (Lipinski definition) is 1. The molecule has 1 aromatic heterocycles. The van der Waals surface area contributed by atoms with Gasteiger partial charge in [-0.15, -0.1) is 0 Å². The minimum absolute atomic E-state index is 0.700. The zero-order valence-electron chi connectivity index (χ0n) is 7.84. The van der Waals surface area contributed by atoms with Crippen LogP contribution in [0.2, 0.25) is 0 Å². The van der Waals surface area contributed by atoms with Gasteiger partial charge in [-0.1, -0.05) is 24.3 Å². The molecule has 0 aliphatic rings. The summed E-state index contributed by atoms with van der Waals surface area (Å²) in [6.45, 7) is 0. The van der Waals surface area contributed by atoms with Gasteiger partial charge in [-0.25, -0.2) is 0 Å². The standard InChI is InChI=1S/C10H10BNO2/c1-14-11(13)9-6-2-4-8-5-3-7-12-10(8)9/h2-7,13H,1H3. The lowest BCUT2D eigenvalue weighted by Gasteiger charge is -2.06. The van der Waals surface area contributed by atoms with Gasteiger partial charge in [0, 0.05) is 18.8 Å². The zero-order valence-corrected chi connectivity index (χ0v) is 7.84. The molecule has 14 heavy (non-hydrogen) atoms. The van der Waals surface area contributed by atoms with Crippen LogP contribution in [0.3, 0.4) is 0 Å². The normalized spacial score (nSPS) is 10.4. The summed E-state index contributed by atoms with van der Waals surface area (Å²) in [7, 11) is 0.556. The third kappa shape index (κ3) is 1.50. The highest BCUT2D eigenvalue weighted by Gasteiger charge is 2.17. The van der Waals surface area contributed by atoms with Crippen LogP contribution in [0.5, 0.6) is 0 Å². The number of rotatable bonds is 2. The van der Waals surface area contributed by atoms with Gasteiger partial charge in [0.25, 0.3) is 0 Å². The van der Waals surface area contributed by atoms with Gasteiger partial charge < -0.3 is 9.68 Å². The monoisotopic (exact) mass is 187 g/mol. The number of benzene rings is 1. The number of fused-ring (bicyclic) bond motifs is 1. The highest BCUT2D eigenvalue weighted by Crippen LogP contribution is 2.08. The van der Waals surface area contributed by atoms with Crippen molar-refractivity contribution in [1.29, 1.82) is 0 Å². The molecular formula is C10H10BNO2.